The lowest BCUT2D eigenvalue weighted by Crippen LogP contribution is -2.31. The van der Waals surface area contributed by atoms with Gasteiger partial charge in [-0.1, -0.05) is 33.8 Å². The maximum absolute atomic E-state index is 5.46. The van der Waals surface area contributed by atoms with Crippen molar-refractivity contribution in [2.45, 2.75) is 53.1 Å². The average Bonchev–Trinajstić information content (AvgIpc) is 2.43. The van der Waals surface area contributed by atoms with Gasteiger partial charge < -0.3 is 14.8 Å². The zero-order chi connectivity index (χ0) is 15.8. The van der Waals surface area contributed by atoms with Crippen molar-refractivity contribution in [3.05, 3.63) is 23.8 Å². The van der Waals surface area contributed by atoms with E-state index in [4.69, 9.17) is 9.47 Å². The van der Waals surface area contributed by atoms with Gasteiger partial charge >= 0.3 is 0 Å². The maximum Gasteiger partial charge on any atom is 0.127 e. The van der Waals surface area contributed by atoms with Crippen LogP contribution in [0.1, 0.15) is 46.1 Å². The van der Waals surface area contributed by atoms with E-state index in [1.807, 2.05) is 12.1 Å². The Hall–Kier alpha value is -1.22. The maximum atomic E-state index is 5.46. The van der Waals surface area contributed by atoms with Gasteiger partial charge in [-0.05, 0) is 30.7 Å². The Morgan fingerprint density at radius 2 is 1.57 bits per heavy atom. The minimum atomic E-state index is 0.553. The van der Waals surface area contributed by atoms with Crippen LogP contribution < -0.4 is 14.8 Å². The second kappa shape index (κ2) is 8.93. The first kappa shape index (κ1) is 17.8. The van der Waals surface area contributed by atoms with E-state index in [-0.39, 0.29) is 0 Å². The fourth-order valence-corrected chi connectivity index (χ4v) is 2.65. The van der Waals surface area contributed by atoms with Gasteiger partial charge in [-0.3, -0.25) is 0 Å². The van der Waals surface area contributed by atoms with Crippen molar-refractivity contribution < 1.29 is 9.47 Å². The Bertz CT molecular complexity index is 406. The smallest absolute Gasteiger partial charge is 0.127 e. The van der Waals surface area contributed by atoms with Crippen LogP contribution in [-0.4, -0.2) is 20.3 Å². The van der Waals surface area contributed by atoms with E-state index in [1.165, 1.54) is 18.4 Å². The van der Waals surface area contributed by atoms with Crippen LogP contribution in [0.25, 0.3) is 0 Å². The minimum absolute atomic E-state index is 0.553. The van der Waals surface area contributed by atoms with Gasteiger partial charge in [0.1, 0.15) is 11.5 Å². The van der Waals surface area contributed by atoms with Crippen molar-refractivity contribution in [3.8, 4) is 11.5 Å². The predicted octanol–water partition coefficient (Wildman–Crippen LogP) is 4.25. The van der Waals surface area contributed by atoms with Crippen LogP contribution in [-0.2, 0) is 6.54 Å². The summed E-state index contributed by atoms with van der Waals surface area (Å²) in [5.74, 6) is 3.13. The van der Waals surface area contributed by atoms with E-state index in [0.717, 1.165) is 18.0 Å². The molecule has 0 bridgehead atoms. The van der Waals surface area contributed by atoms with Crippen LogP contribution in [0.15, 0.2) is 18.2 Å². The molecule has 0 aliphatic rings. The Morgan fingerprint density at radius 3 is 2.05 bits per heavy atom. The molecular weight excluding hydrogens is 262 g/mol. The minimum Gasteiger partial charge on any atom is -0.497 e. The number of hydrogen-bond acceptors (Lipinski definition) is 3. The van der Waals surface area contributed by atoms with Crippen molar-refractivity contribution in [1.82, 2.24) is 5.32 Å². The second-order valence-corrected chi connectivity index (χ2v) is 6.51. The van der Waals surface area contributed by atoms with Gasteiger partial charge in [0.15, 0.2) is 0 Å². The normalized spacial score (nSPS) is 11.5. The number of ether oxygens (including phenoxy) is 2. The molecule has 0 aliphatic carbocycles. The van der Waals surface area contributed by atoms with Gasteiger partial charge in [0.25, 0.3) is 0 Å². The number of benzene rings is 1. The molecule has 0 saturated heterocycles. The molecule has 1 N–H and O–H groups in total. The summed E-state index contributed by atoms with van der Waals surface area (Å²) in [5.41, 5.74) is 1.18. The van der Waals surface area contributed by atoms with Crippen molar-refractivity contribution in [2.75, 3.05) is 14.2 Å². The number of methoxy groups -OCH3 is 2. The zero-order valence-electron chi connectivity index (χ0n) is 14.4. The summed E-state index contributed by atoms with van der Waals surface area (Å²) in [6, 6.07) is 6.56. The molecule has 0 spiro atoms. The summed E-state index contributed by atoms with van der Waals surface area (Å²) >= 11 is 0. The molecule has 1 aromatic carbocycles. The van der Waals surface area contributed by atoms with Crippen LogP contribution in [0.5, 0.6) is 11.5 Å². The molecule has 0 unspecified atom stereocenters. The molecule has 3 nitrogen and oxygen atoms in total. The highest BCUT2D eigenvalue weighted by Gasteiger charge is 2.13. The first-order chi connectivity index (χ1) is 9.96. The van der Waals surface area contributed by atoms with Crippen LogP contribution in [0.4, 0.5) is 0 Å². The van der Waals surface area contributed by atoms with E-state index in [2.05, 4.69) is 39.1 Å². The standard InChI is InChI=1S/C18H31NO2/c1-13(2)9-16(10-14(3)4)19-12-15-7-8-17(20-5)11-18(15)21-6/h7-8,11,13-14,16,19H,9-10,12H2,1-6H3. The number of nitrogens with one attached hydrogen (secondary N) is 1. The van der Waals surface area contributed by atoms with Crippen molar-refractivity contribution in [3.63, 3.8) is 0 Å². The molecule has 0 aromatic heterocycles. The third kappa shape index (κ3) is 6.38. The molecule has 0 radical (unpaired) electrons. The monoisotopic (exact) mass is 293 g/mol. The summed E-state index contributed by atoms with van der Waals surface area (Å²) in [6.07, 6.45) is 2.41. The first-order valence-corrected chi connectivity index (χ1v) is 7.90. The van der Waals surface area contributed by atoms with Crippen molar-refractivity contribution in [1.29, 1.82) is 0 Å². The van der Waals surface area contributed by atoms with Gasteiger partial charge in [0, 0.05) is 24.2 Å². The van der Waals surface area contributed by atoms with Crippen LogP contribution in [0.2, 0.25) is 0 Å². The largest absolute Gasteiger partial charge is 0.497 e. The lowest BCUT2D eigenvalue weighted by molar-refractivity contribution is 0.352. The summed E-state index contributed by atoms with van der Waals surface area (Å²) in [6.45, 7) is 9.95. The van der Waals surface area contributed by atoms with Gasteiger partial charge in [-0.15, -0.1) is 0 Å². The van der Waals surface area contributed by atoms with Crippen molar-refractivity contribution in [2.24, 2.45) is 11.8 Å². The third-order valence-corrected chi connectivity index (χ3v) is 3.59. The molecule has 0 aliphatic heterocycles. The summed E-state index contributed by atoms with van der Waals surface area (Å²) in [7, 11) is 3.38. The van der Waals surface area contributed by atoms with Crippen LogP contribution >= 0.6 is 0 Å². The van der Waals surface area contributed by atoms with E-state index >= 15 is 0 Å². The molecule has 120 valence electrons. The average molecular weight is 293 g/mol. The predicted molar refractivity (Wildman–Crippen MR) is 89.1 cm³/mol. The molecule has 0 atom stereocenters. The molecule has 1 aromatic rings. The summed E-state index contributed by atoms with van der Waals surface area (Å²) in [5, 5.41) is 3.69. The first-order valence-electron chi connectivity index (χ1n) is 7.90. The fraction of sp³-hybridized carbons (Fsp3) is 0.667. The molecular formula is C18H31NO2. The van der Waals surface area contributed by atoms with Gasteiger partial charge in [-0.2, -0.15) is 0 Å². The van der Waals surface area contributed by atoms with E-state index in [0.29, 0.717) is 17.9 Å². The molecule has 0 amide bonds. The molecule has 21 heavy (non-hydrogen) atoms. The third-order valence-electron chi connectivity index (χ3n) is 3.59. The number of rotatable bonds is 9. The second-order valence-electron chi connectivity index (χ2n) is 6.51. The van der Waals surface area contributed by atoms with E-state index in [1.54, 1.807) is 14.2 Å². The Labute approximate surface area is 130 Å². The van der Waals surface area contributed by atoms with E-state index < -0.39 is 0 Å². The number of hydrogen-bond donors (Lipinski definition) is 1. The lowest BCUT2D eigenvalue weighted by Gasteiger charge is -2.23. The lowest BCUT2D eigenvalue weighted by atomic mass is 9.95. The summed E-state index contributed by atoms with van der Waals surface area (Å²) in [4.78, 5) is 0. The van der Waals surface area contributed by atoms with Crippen LogP contribution in [0, 0.1) is 11.8 Å². The highest BCUT2D eigenvalue weighted by atomic mass is 16.5. The molecule has 0 fully saturated rings. The van der Waals surface area contributed by atoms with Crippen LogP contribution in [0.3, 0.4) is 0 Å². The van der Waals surface area contributed by atoms with E-state index in [9.17, 15) is 0 Å². The zero-order valence-corrected chi connectivity index (χ0v) is 14.4. The van der Waals surface area contributed by atoms with Gasteiger partial charge in [0.2, 0.25) is 0 Å². The Balaban J connectivity index is 2.70. The highest BCUT2D eigenvalue weighted by Crippen LogP contribution is 2.25. The van der Waals surface area contributed by atoms with Gasteiger partial charge in [-0.25, -0.2) is 0 Å². The summed E-state index contributed by atoms with van der Waals surface area (Å²) < 4.78 is 10.7. The van der Waals surface area contributed by atoms with Crippen molar-refractivity contribution >= 4 is 0 Å². The SMILES string of the molecule is COc1ccc(CNC(CC(C)C)CC(C)C)c(OC)c1. The fourth-order valence-electron chi connectivity index (χ4n) is 2.65. The molecule has 0 saturated carbocycles. The topological polar surface area (TPSA) is 30.5 Å². The highest BCUT2D eigenvalue weighted by molar-refractivity contribution is 5.40. The molecule has 1 rings (SSSR count). The molecule has 0 heterocycles. The Kier molecular flexibility index (Phi) is 7.58. The quantitative estimate of drug-likeness (QED) is 0.738. The molecule has 3 heteroatoms. The Morgan fingerprint density at radius 1 is 0.952 bits per heavy atom. The van der Waals surface area contributed by atoms with Gasteiger partial charge in [0.05, 0.1) is 14.2 Å².